The van der Waals surface area contributed by atoms with Crippen molar-refractivity contribution in [2.24, 2.45) is 0 Å². The smallest absolute Gasteiger partial charge is 0.127 e. The zero-order valence-electron chi connectivity index (χ0n) is 33.2. The van der Waals surface area contributed by atoms with Crippen molar-refractivity contribution < 1.29 is 30.6 Å². The van der Waals surface area contributed by atoms with E-state index in [2.05, 4.69) is 12.1 Å². The van der Waals surface area contributed by atoms with E-state index in [-0.39, 0.29) is 60.2 Å². The van der Waals surface area contributed by atoms with Gasteiger partial charge in [-0.25, -0.2) is 0 Å². The Morgan fingerprint density at radius 1 is 0.194 bits per heavy atom. The van der Waals surface area contributed by atoms with Crippen LogP contribution < -0.4 is 0 Å². The maximum absolute atomic E-state index is 12.3. The number of fused-ring (bicyclic) bond motifs is 8. The van der Waals surface area contributed by atoms with Crippen LogP contribution in [0, 0.1) is 0 Å². The Balaban J connectivity index is 1.11. The number of phenolic OH excluding ortho intramolecular Hbond substituents is 6. The Bertz CT molecular complexity index is 3490. The molecule has 0 amide bonds. The number of benzene rings is 14. The van der Waals surface area contributed by atoms with Crippen molar-refractivity contribution in [2.45, 2.75) is 25.7 Å². The molecule has 0 saturated carbocycles. The third-order valence-corrected chi connectivity index (χ3v) is 14.0. The summed E-state index contributed by atoms with van der Waals surface area (Å²) in [7, 11) is 0. The zero-order valence-corrected chi connectivity index (χ0v) is 33.2. The summed E-state index contributed by atoms with van der Waals surface area (Å²) >= 11 is 0. The minimum atomic E-state index is 0.0886. The van der Waals surface area contributed by atoms with Crippen molar-refractivity contribution >= 4 is 86.2 Å². The fraction of sp³-hybridized carbons (Fsp3) is 0.0714. The van der Waals surface area contributed by atoms with Gasteiger partial charge < -0.3 is 30.6 Å². The Hall–Kier alpha value is -7.96. The fourth-order valence-corrected chi connectivity index (χ4v) is 11.1. The van der Waals surface area contributed by atoms with E-state index in [0.29, 0.717) is 66.1 Å². The highest BCUT2D eigenvalue weighted by atomic mass is 16.3. The van der Waals surface area contributed by atoms with E-state index in [0.717, 1.165) is 64.6 Å². The second kappa shape index (κ2) is 12.3. The summed E-state index contributed by atoms with van der Waals surface area (Å²) in [5.41, 5.74) is 5.00. The number of rotatable bonds is 0. The molecule has 62 heavy (non-hydrogen) atoms. The second-order valence-electron chi connectivity index (χ2n) is 17.1. The van der Waals surface area contributed by atoms with E-state index >= 15 is 0 Å². The van der Waals surface area contributed by atoms with Gasteiger partial charge in [0.1, 0.15) is 34.5 Å². The highest BCUT2D eigenvalue weighted by Crippen LogP contribution is 2.54. The first kappa shape index (κ1) is 34.9. The van der Waals surface area contributed by atoms with E-state index in [9.17, 15) is 30.6 Å². The van der Waals surface area contributed by atoms with Crippen molar-refractivity contribution in [3.63, 3.8) is 0 Å². The van der Waals surface area contributed by atoms with Gasteiger partial charge >= 0.3 is 0 Å². The molecule has 296 valence electrons. The molecule has 0 aromatic heterocycles. The molecule has 0 spiro atoms. The Morgan fingerprint density at radius 3 is 0.710 bits per heavy atom. The minimum Gasteiger partial charge on any atom is -0.507 e. The van der Waals surface area contributed by atoms with Crippen LogP contribution in [0.4, 0.5) is 0 Å². The van der Waals surface area contributed by atoms with Gasteiger partial charge in [-0.2, -0.15) is 0 Å². The molecule has 1 aliphatic carbocycles. The van der Waals surface area contributed by atoms with Crippen LogP contribution in [0.1, 0.15) is 44.5 Å². The molecule has 0 radical (unpaired) electrons. The summed E-state index contributed by atoms with van der Waals surface area (Å²) in [6.45, 7) is 0. The SMILES string of the molecule is Oc1c2cccc1Cc1ccc3c(c1O)c1c4ccccc4c3c3ccc(c(O)c31)Cc1cccc(c1O)Cc1ccc3c(c1O)c1c4ccccc4c3c3ccc(c(O)c31)C2. The maximum Gasteiger partial charge on any atom is 0.127 e. The molecule has 0 saturated heterocycles. The fourth-order valence-electron chi connectivity index (χ4n) is 11.1. The van der Waals surface area contributed by atoms with Crippen molar-refractivity contribution in [3.05, 3.63) is 178 Å². The monoisotopic (exact) mass is 804 g/mol. The quantitative estimate of drug-likeness (QED) is 0.0849. The van der Waals surface area contributed by atoms with Gasteiger partial charge in [0.15, 0.2) is 0 Å². The first-order valence-corrected chi connectivity index (χ1v) is 21.0. The van der Waals surface area contributed by atoms with Gasteiger partial charge in [-0.05, 0) is 98.4 Å². The average Bonchev–Trinajstić information content (AvgIpc) is 3.29. The topological polar surface area (TPSA) is 121 Å². The third-order valence-electron chi connectivity index (χ3n) is 14.0. The number of hydrogen-bond donors (Lipinski definition) is 6. The summed E-state index contributed by atoms with van der Waals surface area (Å²) in [4.78, 5) is 0. The highest BCUT2D eigenvalue weighted by Gasteiger charge is 2.27. The van der Waals surface area contributed by atoms with Gasteiger partial charge in [0, 0.05) is 58.0 Å². The Morgan fingerprint density at radius 2 is 0.435 bits per heavy atom. The molecule has 0 atom stereocenters. The lowest BCUT2D eigenvalue weighted by Crippen LogP contribution is -1.99. The molecule has 0 unspecified atom stereocenters. The molecule has 14 aromatic carbocycles. The zero-order chi connectivity index (χ0) is 41.7. The van der Waals surface area contributed by atoms with Crippen molar-refractivity contribution in [1.82, 2.24) is 0 Å². The van der Waals surface area contributed by atoms with Gasteiger partial charge in [0.05, 0.1) is 0 Å². The molecule has 15 rings (SSSR count). The number of phenols is 6. The van der Waals surface area contributed by atoms with Crippen LogP contribution in [0.25, 0.3) is 86.2 Å². The van der Waals surface area contributed by atoms with E-state index in [1.54, 1.807) is 0 Å². The van der Waals surface area contributed by atoms with Gasteiger partial charge in [-0.3, -0.25) is 0 Å². The van der Waals surface area contributed by atoms with E-state index in [1.807, 2.05) is 121 Å². The molecule has 1 aliphatic rings. The van der Waals surface area contributed by atoms with Crippen LogP contribution in [0.5, 0.6) is 34.5 Å². The van der Waals surface area contributed by atoms with Crippen molar-refractivity contribution in [1.29, 1.82) is 0 Å². The number of aromatic hydroxyl groups is 6. The van der Waals surface area contributed by atoms with Crippen LogP contribution in [0.15, 0.2) is 133 Å². The first-order chi connectivity index (χ1) is 30.3. The van der Waals surface area contributed by atoms with Crippen LogP contribution >= 0.6 is 0 Å². The summed E-state index contributed by atoms with van der Waals surface area (Å²) in [6, 6.07) is 43.1. The molecular formula is C56H36O6. The van der Waals surface area contributed by atoms with Gasteiger partial charge in [0.25, 0.3) is 0 Å². The van der Waals surface area contributed by atoms with Gasteiger partial charge in [-0.1, -0.05) is 133 Å². The largest absolute Gasteiger partial charge is 0.507 e. The van der Waals surface area contributed by atoms with E-state index < -0.39 is 0 Å². The number of hydrogen-bond acceptors (Lipinski definition) is 6. The maximum atomic E-state index is 12.3. The lowest BCUT2D eigenvalue weighted by Gasteiger charge is -2.22. The van der Waals surface area contributed by atoms with E-state index in [4.69, 9.17) is 0 Å². The number of para-hydroxylation sites is 2. The Kier molecular flexibility index (Phi) is 6.92. The molecule has 0 heterocycles. The molecule has 6 N–H and O–H groups in total. The summed E-state index contributed by atoms with van der Waals surface area (Å²) in [5.74, 6) is 0.539. The summed E-state index contributed by atoms with van der Waals surface area (Å²) in [6.07, 6.45) is 0.941. The van der Waals surface area contributed by atoms with Crippen molar-refractivity contribution in [2.75, 3.05) is 0 Å². The summed E-state index contributed by atoms with van der Waals surface area (Å²) in [5, 5.41) is 86.4. The van der Waals surface area contributed by atoms with E-state index in [1.165, 1.54) is 0 Å². The summed E-state index contributed by atoms with van der Waals surface area (Å²) < 4.78 is 0. The molecule has 16 bridgehead atoms. The van der Waals surface area contributed by atoms with Crippen LogP contribution in [0.2, 0.25) is 0 Å². The molecule has 6 nitrogen and oxygen atoms in total. The second-order valence-corrected chi connectivity index (χ2v) is 17.1. The van der Waals surface area contributed by atoms with Crippen molar-refractivity contribution in [3.8, 4) is 34.5 Å². The minimum absolute atomic E-state index is 0.0886. The molecule has 14 aromatic rings. The average molecular weight is 805 g/mol. The third kappa shape index (κ3) is 4.48. The van der Waals surface area contributed by atoms with Gasteiger partial charge in [0.2, 0.25) is 0 Å². The predicted molar refractivity (Wildman–Crippen MR) is 249 cm³/mol. The molecular weight excluding hydrogens is 769 g/mol. The van der Waals surface area contributed by atoms with Crippen LogP contribution in [-0.2, 0) is 25.7 Å². The molecule has 0 aliphatic heterocycles. The lowest BCUT2D eigenvalue weighted by molar-refractivity contribution is 0.458. The van der Waals surface area contributed by atoms with Crippen LogP contribution in [0.3, 0.4) is 0 Å². The Labute approximate surface area is 353 Å². The molecule has 6 heteroatoms. The predicted octanol–water partition coefficient (Wildman–Crippen LogP) is 12.7. The highest BCUT2D eigenvalue weighted by molar-refractivity contribution is 6.43. The van der Waals surface area contributed by atoms with Crippen LogP contribution in [-0.4, -0.2) is 30.6 Å². The van der Waals surface area contributed by atoms with Gasteiger partial charge in [-0.15, -0.1) is 0 Å². The first-order valence-electron chi connectivity index (χ1n) is 21.0. The lowest BCUT2D eigenvalue weighted by atomic mass is 9.82. The molecule has 0 fully saturated rings. The standard InChI is InChI=1S/C56H36O6/c57-51-27-7-5-9-29(51)25-33-17-21-41-44-36-12-2-4-14-38(36)46(49(41)55(33)61)50-42(44)22-18-34(56(50)62)26-30-10-6-8-28(52(30)58)24-32-16-20-40-43-35-11-1-3-13-37(35)45(48(40)54(32)60)47-39(43)19-15-31(23-27)53(47)59/h1-22,57-62H,23-26H2. The normalized spacial score (nSPS) is 13.3.